The van der Waals surface area contributed by atoms with Crippen LogP contribution in [-0.4, -0.2) is 58.2 Å². The minimum atomic E-state index is -4.91. The first kappa shape index (κ1) is 28.0. The van der Waals surface area contributed by atoms with Gasteiger partial charge in [-0.1, -0.05) is 44.1 Å². The van der Waals surface area contributed by atoms with E-state index in [2.05, 4.69) is 17.0 Å². The van der Waals surface area contributed by atoms with Crippen LogP contribution in [0.2, 0.25) is 0 Å². The second-order valence-electron chi connectivity index (χ2n) is 9.00. The second kappa shape index (κ2) is 11.7. The zero-order valence-electron chi connectivity index (χ0n) is 20.2. The van der Waals surface area contributed by atoms with Crippen LogP contribution in [0.3, 0.4) is 0 Å². The number of likely N-dealkylation sites (tertiary alicyclic amines) is 1. The molecule has 0 aliphatic carbocycles. The highest BCUT2D eigenvalue weighted by molar-refractivity contribution is 7.98. The van der Waals surface area contributed by atoms with Gasteiger partial charge in [0.2, 0.25) is 11.8 Å². The van der Waals surface area contributed by atoms with Crippen molar-refractivity contribution in [3.05, 3.63) is 42.0 Å². The molecule has 36 heavy (non-hydrogen) atoms. The van der Waals surface area contributed by atoms with Crippen LogP contribution in [0.15, 0.2) is 36.4 Å². The fraction of sp³-hybridized carbons (Fsp3) is 0.560. The first-order valence-electron chi connectivity index (χ1n) is 11.9. The van der Waals surface area contributed by atoms with Crippen molar-refractivity contribution in [3.8, 4) is 5.75 Å². The van der Waals surface area contributed by atoms with Crippen molar-refractivity contribution in [1.82, 2.24) is 10.2 Å². The average Bonchev–Trinajstić information content (AvgIpc) is 3.28. The zero-order valence-corrected chi connectivity index (χ0v) is 21.0. The standard InChI is InChI=1S/C25H31F3N2O5S/c1-3-4-5-6-7-8-13-30-21(31)18-19(22(30)32)24(23(33)34,12-14-36-2)29-20(18)16-10-9-11-17(15-16)35-25(26,27)28/h6-7,9-11,15,18-20,29H,3-5,8,12-14H2,1-2H3,(H,33,34)/b7-6+. The molecule has 1 aromatic rings. The number of nitrogens with zero attached hydrogens (tertiary/aromatic N) is 1. The molecule has 0 spiro atoms. The number of aliphatic carboxylic acids is 1. The maximum Gasteiger partial charge on any atom is 0.573 e. The predicted octanol–water partition coefficient (Wildman–Crippen LogP) is 4.54. The van der Waals surface area contributed by atoms with Gasteiger partial charge in [-0.15, -0.1) is 13.2 Å². The Hall–Kier alpha value is -2.53. The van der Waals surface area contributed by atoms with Gasteiger partial charge in [-0.3, -0.25) is 24.6 Å². The zero-order chi connectivity index (χ0) is 26.5. The number of imide groups is 1. The first-order chi connectivity index (χ1) is 17.1. The van der Waals surface area contributed by atoms with Gasteiger partial charge in [-0.25, -0.2) is 0 Å². The number of rotatable bonds is 12. The maximum atomic E-state index is 13.5. The molecular weight excluding hydrogens is 497 g/mol. The number of carboxylic acids is 1. The third-order valence-electron chi connectivity index (χ3n) is 6.69. The van der Waals surface area contributed by atoms with Gasteiger partial charge in [0.15, 0.2) is 0 Å². The topological polar surface area (TPSA) is 95.9 Å². The van der Waals surface area contributed by atoms with Crippen LogP contribution in [0.5, 0.6) is 5.75 Å². The number of nitrogens with one attached hydrogen (secondary N) is 1. The summed E-state index contributed by atoms with van der Waals surface area (Å²) in [5.74, 6) is -4.64. The molecule has 4 unspecified atom stereocenters. The molecule has 2 fully saturated rings. The van der Waals surface area contributed by atoms with Crippen molar-refractivity contribution >= 4 is 29.5 Å². The minimum absolute atomic E-state index is 0.0731. The van der Waals surface area contributed by atoms with E-state index >= 15 is 0 Å². The van der Waals surface area contributed by atoms with Crippen LogP contribution in [0.25, 0.3) is 0 Å². The molecule has 0 aromatic heterocycles. The molecule has 2 saturated heterocycles. The van der Waals surface area contributed by atoms with Crippen molar-refractivity contribution in [1.29, 1.82) is 0 Å². The number of benzene rings is 1. The lowest BCUT2D eigenvalue weighted by molar-refractivity contribution is -0.274. The lowest BCUT2D eigenvalue weighted by Crippen LogP contribution is -2.56. The van der Waals surface area contributed by atoms with E-state index in [1.165, 1.54) is 23.9 Å². The molecule has 3 rings (SSSR count). The SMILES string of the molecule is CCCC/C=C/CCN1C(=O)C2C(c3cccc(OC(F)(F)F)c3)NC(CCSC)(C(=O)O)C2C1=O. The molecule has 2 aliphatic heterocycles. The summed E-state index contributed by atoms with van der Waals surface area (Å²) >= 11 is 1.40. The molecule has 4 atom stereocenters. The van der Waals surface area contributed by atoms with E-state index in [-0.39, 0.29) is 18.5 Å². The predicted molar refractivity (Wildman–Crippen MR) is 129 cm³/mol. The molecule has 0 radical (unpaired) electrons. The fourth-order valence-electron chi connectivity index (χ4n) is 5.03. The molecule has 11 heteroatoms. The summed E-state index contributed by atoms with van der Waals surface area (Å²) in [6, 6.07) is 4.13. The van der Waals surface area contributed by atoms with E-state index in [4.69, 9.17) is 0 Å². The number of alkyl halides is 3. The Morgan fingerprint density at radius 2 is 1.97 bits per heavy atom. The number of ether oxygens (including phenoxy) is 1. The Bertz CT molecular complexity index is 1000. The van der Waals surface area contributed by atoms with Gasteiger partial charge in [0.05, 0.1) is 11.8 Å². The van der Waals surface area contributed by atoms with Gasteiger partial charge >= 0.3 is 12.3 Å². The number of unbranched alkanes of at least 4 members (excludes halogenated alkanes) is 2. The van der Waals surface area contributed by atoms with Crippen LogP contribution < -0.4 is 10.1 Å². The minimum Gasteiger partial charge on any atom is -0.480 e. The Labute approximate surface area is 212 Å². The average molecular weight is 529 g/mol. The molecule has 7 nitrogen and oxygen atoms in total. The van der Waals surface area contributed by atoms with E-state index in [9.17, 15) is 32.7 Å². The second-order valence-corrected chi connectivity index (χ2v) is 9.98. The molecule has 2 aliphatic rings. The van der Waals surface area contributed by atoms with Gasteiger partial charge in [-0.2, -0.15) is 11.8 Å². The Balaban J connectivity index is 1.95. The molecule has 198 valence electrons. The van der Waals surface area contributed by atoms with Gasteiger partial charge in [0.25, 0.3) is 0 Å². The number of carbonyl (C=O) groups is 3. The first-order valence-corrected chi connectivity index (χ1v) is 13.3. The van der Waals surface area contributed by atoms with Gasteiger partial charge in [0, 0.05) is 12.6 Å². The van der Waals surface area contributed by atoms with E-state index in [0.717, 1.165) is 36.3 Å². The summed E-state index contributed by atoms with van der Waals surface area (Å²) in [6.45, 7) is 2.20. The Morgan fingerprint density at radius 1 is 1.25 bits per heavy atom. The summed E-state index contributed by atoms with van der Waals surface area (Å²) in [4.78, 5) is 40.6. The number of hydrogen-bond donors (Lipinski definition) is 2. The number of thioether (sulfide) groups is 1. The molecule has 0 bridgehead atoms. The number of amides is 2. The largest absolute Gasteiger partial charge is 0.573 e. The number of carboxylic acid groups (broad SMARTS) is 1. The normalized spacial score (nSPS) is 26.1. The number of carbonyl (C=O) groups excluding carboxylic acids is 2. The van der Waals surface area contributed by atoms with Crippen molar-refractivity contribution in [3.63, 3.8) is 0 Å². The quantitative estimate of drug-likeness (QED) is 0.234. The van der Waals surface area contributed by atoms with Crippen LogP contribution in [0.1, 0.15) is 50.6 Å². The van der Waals surface area contributed by atoms with Crippen molar-refractivity contribution in [2.45, 2.75) is 57.0 Å². The highest BCUT2D eigenvalue weighted by atomic mass is 32.2. The Kier molecular flexibility index (Phi) is 9.10. The van der Waals surface area contributed by atoms with Gasteiger partial charge < -0.3 is 9.84 Å². The summed E-state index contributed by atoms with van der Waals surface area (Å²) in [5, 5.41) is 13.2. The number of halogens is 3. The highest BCUT2D eigenvalue weighted by Gasteiger charge is 2.68. The highest BCUT2D eigenvalue weighted by Crippen LogP contribution is 2.50. The molecule has 0 saturated carbocycles. The number of hydrogen-bond acceptors (Lipinski definition) is 6. The molecule has 2 amide bonds. The van der Waals surface area contributed by atoms with Crippen molar-refractivity contribution < 1.29 is 37.4 Å². The monoisotopic (exact) mass is 528 g/mol. The van der Waals surface area contributed by atoms with Gasteiger partial charge in [-0.05, 0) is 49.0 Å². The van der Waals surface area contributed by atoms with Crippen molar-refractivity contribution in [2.24, 2.45) is 11.8 Å². The van der Waals surface area contributed by atoms with E-state index in [0.29, 0.717) is 12.2 Å². The molecule has 2 N–H and O–H groups in total. The number of fused-ring (bicyclic) bond motifs is 1. The third-order valence-corrected chi connectivity index (χ3v) is 7.30. The van der Waals surface area contributed by atoms with Crippen LogP contribution >= 0.6 is 11.8 Å². The fourth-order valence-corrected chi connectivity index (χ4v) is 5.56. The summed E-state index contributed by atoms with van der Waals surface area (Å²) in [6.07, 6.45) is 4.27. The lowest BCUT2D eigenvalue weighted by Gasteiger charge is -2.31. The van der Waals surface area contributed by atoms with Crippen LogP contribution in [0, 0.1) is 11.8 Å². The third kappa shape index (κ3) is 5.88. The van der Waals surface area contributed by atoms with Crippen LogP contribution in [-0.2, 0) is 14.4 Å². The van der Waals surface area contributed by atoms with Crippen molar-refractivity contribution in [2.75, 3.05) is 18.6 Å². The van der Waals surface area contributed by atoms with E-state index in [1.54, 1.807) is 6.26 Å². The summed E-state index contributed by atoms with van der Waals surface area (Å²) in [7, 11) is 0. The van der Waals surface area contributed by atoms with E-state index in [1.807, 2.05) is 12.2 Å². The van der Waals surface area contributed by atoms with E-state index < -0.39 is 53.3 Å². The van der Waals surface area contributed by atoms with Gasteiger partial charge in [0.1, 0.15) is 11.3 Å². The molecular formula is C25H31F3N2O5S. The Morgan fingerprint density at radius 3 is 2.61 bits per heavy atom. The lowest BCUT2D eigenvalue weighted by atomic mass is 9.78. The van der Waals surface area contributed by atoms with Crippen LogP contribution in [0.4, 0.5) is 13.2 Å². The number of allylic oxidation sites excluding steroid dienone is 1. The molecule has 2 heterocycles. The summed E-state index contributed by atoms with van der Waals surface area (Å²) < 4.78 is 42.4. The smallest absolute Gasteiger partial charge is 0.480 e. The maximum absolute atomic E-state index is 13.5. The summed E-state index contributed by atoms with van der Waals surface area (Å²) in [5.41, 5.74) is -1.47. The molecule has 1 aromatic carbocycles.